The number of benzene rings is 1. The summed E-state index contributed by atoms with van der Waals surface area (Å²) in [4.78, 5) is 26.5. The van der Waals surface area contributed by atoms with Gasteiger partial charge in [0.05, 0.1) is 6.61 Å². The van der Waals surface area contributed by atoms with Crippen LogP contribution in [-0.4, -0.2) is 31.4 Å². The summed E-state index contributed by atoms with van der Waals surface area (Å²) in [6.45, 7) is 2.30. The zero-order valence-corrected chi connectivity index (χ0v) is 13.7. The first-order valence-corrected chi connectivity index (χ1v) is 8.15. The third kappa shape index (κ3) is 3.43. The number of fused-ring (bicyclic) bond motifs is 1. The van der Waals surface area contributed by atoms with Crippen LogP contribution in [0.5, 0.6) is 5.75 Å². The minimum Gasteiger partial charge on any atom is -0.465 e. The monoisotopic (exact) mass is 357 g/mol. The number of alkyl halides is 3. The van der Waals surface area contributed by atoms with Gasteiger partial charge in [-0.3, -0.25) is 9.59 Å². The van der Waals surface area contributed by atoms with E-state index in [1.54, 1.807) is 6.92 Å². The van der Waals surface area contributed by atoms with Crippen LogP contribution in [-0.2, 0) is 20.7 Å². The van der Waals surface area contributed by atoms with Gasteiger partial charge in [-0.1, -0.05) is 0 Å². The SMILES string of the molecule is CCOC(=O)C1(C(=O)N2CCCc3cc(OC(F)(F)F)ccc32)CC1. The van der Waals surface area contributed by atoms with E-state index < -0.39 is 17.7 Å². The van der Waals surface area contributed by atoms with Crippen LogP contribution in [0.1, 0.15) is 31.7 Å². The van der Waals surface area contributed by atoms with E-state index in [9.17, 15) is 22.8 Å². The minimum absolute atomic E-state index is 0.197. The zero-order chi connectivity index (χ0) is 18.2. The Balaban J connectivity index is 1.85. The Morgan fingerprint density at radius 3 is 2.60 bits per heavy atom. The number of aryl methyl sites for hydroxylation is 1. The van der Waals surface area contributed by atoms with Crippen molar-refractivity contribution in [2.24, 2.45) is 5.41 Å². The molecule has 0 spiro atoms. The average molecular weight is 357 g/mol. The largest absolute Gasteiger partial charge is 0.573 e. The lowest BCUT2D eigenvalue weighted by Crippen LogP contribution is -2.44. The first-order chi connectivity index (χ1) is 11.8. The molecule has 0 aromatic heterocycles. The second-order valence-corrected chi connectivity index (χ2v) is 6.20. The highest BCUT2D eigenvalue weighted by atomic mass is 19.4. The summed E-state index contributed by atoms with van der Waals surface area (Å²) in [7, 11) is 0. The molecule has 2 aliphatic rings. The first-order valence-electron chi connectivity index (χ1n) is 8.15. The number of nitrogens with zero attached hydrogens (tertiary/aromatic N) is 1. The molecular formula is C17H18F3NO4. The maximum Gasteiger partial charge on any atom is 0.573 e. The van der Waals surface area contributed by atoms with Crippen molar-refractivity contribution in [3.63, 3.8) is 0 Å². The van der Waals surface area contributed by atoms with Gasteiger partial charge in [0.2, 0.25) is 5.91 Å². The number of anilines is 1. The van der Waals surface area contributed by atoms with Crippen molar-refractivity contribution >= 4 is 17.6 Å². The molecule has 1 aromatic carbocycles. The van der Waals surface area contributed by atoms with Crippen molar-refractivity contribution in [3.8, 4) is 5.75 Å². The molecular weight excluding hydrogens is 339 g/mol. The number of ether oxygens (including phenoxy) is 2. The number of halogens is 3. The number of carbonyl (C=O) groups is 2. The molecule has 1 aromatic rings. The van der Waals surface area contributed by atoms with Crippen LogP contribution in [0.2, 0.25) is 0 Å². The highest BCUT2D eigenvalue weighted by molar-refractivity contribution is 6.12. The van der Waals surface area contributed by atoms with Crippen molar-refractivity contribution in [2.45, 2.75) is 39.0 Å². The lowest BCUT2D eigenvalue weighted by molar-refractivity contribution is -0.274. The van der Waals surface area contributed by atoms with Crippen LogP contribution >= 0.6 is 0 Å². The van der Waals surface area contributed by atoms with Crippen molar-refractivity contribution in [1.82, 2.24) is 0 Å². The van der Waals surface area contributed by atoms with E-state index in [1.807, 2.05) is 0 Å². The maximum atomic E-state index is 12.9. The standard InChI is InChI=1S/C17H18F3NO4/c1-2-24-15(23)16(7-8-16)14(22)21-9-3-4-11-10-12(5-6-13(11)21)25-17(18,19)20/h5-6,10H,2-4,7-9H2,1H3. The van der Waals surface area contributed by atoms with E-state index in [0.717, 1.165) is 0 Å². The van der Waals surface area contributed by atoms with Gasteiger partial charge in [-0.05, 0) is 56.4 Å². The fraction of sp³-hybridized carbons (Fsp3) is 0.529. The predicted molar refractivity (Wildman–Crippen MR) is 82.1 cm³/mol. The fourth-order valence-electron chi connectivity index (χ4n) is 3.14. The number of hydrogen-bond donors (Lipinski definition) is 0. The highest BCUT2D eigenvalue weighted by Gasteiger charge is 2.59. The van der Waals surface area contributed by atoms with E-state index in [4.69, 9.17) is 4.74 Å². The van der Waals surface area contributed by atoms with E-state index in [2.05, 4.69) is 4.74 Å². The van der Waals surface area contributed by atoms with Gasteiger partial charge in [0, 0.05) is 12.2 Å². The molecule has 1 heterocycles. The quantitative estimate of drug-likeness (QED) is 0.613. The highest BCUT2D eigenvalue weighted by Crippen LogP contribution is 2.49. The lowest BCUT2D eigenvalue weighted by Gasteiger charge is -2.32. The molecule has 0 radical (unpaired) electrons. The zero-order valence-electron chi connectivity index (χ0n) is 13.7. The van der Waals surface area contributed by atoms with Gasteiger partial charge >= 0.3 is 12.3 Å². The number of carbonyl (C=O) groups excluding carboxylic acids is 2. The Morgan fingerprint density at radius 1 is 1.28 bits per heavy atom. The van der Waals surface area contributed by atoms with Gasteiger partial charge in [-0.25, -0.2) is 0 Å². The summed E-state index contributed by atoms with van der Waals surface area (Å²) in [5.41, 5.74) is -0.00599. The molecule has 0 unspecified atom stereocenters. The van der Waals surface area contributed by atoms with Gasteiger partial charge in [0.1, 0.15) is 11.2 Å². The van der Waals surface area contributed by atoms with Crippen LogP contribution in [0.3, 0.4) is 0 Å². The second-order valence-electron chi connectivity index (χ2n) is 6.20. The molecule has 1 saturated carbocycles. The number of hydrogen-bond acceptors (Lipinski definition) is 4. The summed E-state index contributed by atoms with van der Waals surface area (Å²) in [5.74, 6) is -1.17. The molecule has 1 fully saturated rings. The van der Waals surface area contributed by atoms with Crippen LogP contribution in [0.4, 0.5) is 18.9 Å². The van der Waals surface area contributed by atoms with Crippen LogP contribution in [0.25, 0.3) is 0 Å². The summed E-state index contributed by atoms with van der Waals surface area (Å²) < 4.78 is 46.0. The summed E-state index contributed by atoms with van der Waals surface area (Å²) in [6, 6.07) is 3.92. The Hall–Kier alpha value is -2.25. The van der Waals surface area contributed by atoms with Gasteiger partial charge in [-0.2, -0.15) is 0 Å². The third-order valence-corrected chi connectivity index (χ3v) is 4.47. The predicted octanol–water partition coefficient (Wildman–Crippen LogP) is 3.21. The van der Waals surface area contributed by atoms with Crippen LogP contribution in [0, 0.1) is 5.41 Å². The summed E-state index contributed by atoms with van der Waals surface area (Å²) in [5, 5.41) is 0. The Morgan fingerprint density at radius 2 is 2.00 bits per heavy atom. The fourth-order valence-corrected chi connectivity index (χ4v) is 3.14. The molecule has 25 heavy (non-hydrogen) atoms. The molecule has 8 heteroatoms. The van der Waals surface area contributed by atoms with E-state index in [-0.39, 0.29) is 18.3 Å². The summed E-state index contributed by atoms with van der Waals surface area (Å²) >= 11 is 0. The Kier molecular flexibility index (Phi) is 4.38. The van der Waals surface area contributed by atoms with Crippen molar-refractivity contribution in [3.05, 3.63) is 23.8 Å². The molecule has 0 saturated heterocycles. The van der Waals surface area contributed by atoms with Crippen LogP contribution < -0.4 is 9.64 Å². The normalized spacial score (nSPS) is 18.3. The van der Waals surface area contributed by atoms with Gasteiger partial charge in [0.15, 0.2) is 0 Å². The molecule has 5 nitrogen and oxygen atoms in total. The molecule has 1 amide bonds. The second kappa shape index (κ2) is 6.24. The van der Waals surface area contributed by atoms with Gasteiger partial charge in [0.25, 0.3) is 0 Å². The Labute approximate surface area is 142 Å². The van der Waals surface area contributed by atoms with Crippen molar-refractivity contribution in [1.29, 1.82) is 0 Å². The molecule has 0 atom stereocenters. The molecule has 0 bridgehead atoms. The smallest absolute Gasteiger partial charge is 0.465 e. The third-order valence-electron chi connectivity index (χ3n) is 4.47. The average Bonchev–Trinajstić information content (AvgIpc) is 3.34. The number of rotatable bonds is 4. The topological polar surface area (TPSA) is 55.8 Å². The van der Waals surface area contributed by atoms with Crippen LogP contribution in [0.15, 0.2) is 18.2 Å². The van der Waals surface area contributed by atoms with Gasteiger partial charge in [-0.15, -0.1) is 13.2 Å². The molecule has 1 aliphatic heterocycles. The number of esters is 1. The van der Waals surface area contributed by atoms with Crippen molar-refractivity contribution < 1.29 is 32.2 Å². The molecule has 3 rings (SSSR count). The maximum absolute atomic E-state index is 12.9. The van der Waals surface area contributed by atoms with Crippen molar-refractivity contribution in [2.75, 3.05) is 18.1 Å². The van der Waals surface area contributed by atoms with Gasteiger partial charge < -0.3 is 14.4 Å². The Bertz CT molecular complexity index is 698. The van der Waals surface area contributed by atoms with E-state index in [0.29, 0.717) is 43.5 Å². The van der Waals surface area contributed by atoms with E-state index in [1.165, 1.54) is 23.1 Å². The first kappa shape index (κ1) is 17.6. The number of amides is 1. The van der Waals surface area contributed by atoms with E-state index >= 15 is 0 Å². The molecule has 136 valence electrons. The minimum atomic E-state index is -4.76. The lowest BCUT2D eigenvalue weighted by atomic mass is 9.98. The molecule has 1 aliphatic carbocycles. The summed E-state index contributed by atoms with van der Waals surface area (Å²) in [6.07, 6.45) is -2.74. The molecule has 0 N–H and O–H groups in total.